The molecule has 1 N–H and O–H groups in total. The van der Waals surface area contributed by atoms with Crippen LogP contribution in [0.15, 0.2) is 53.7 Å². The van der Waals surface area contributed by atoms with Crippen LogP contribution in [0, 0.1) is 5.82 Å². The molecule has 1 aliphatic heterocycles. The van der Waals surface area contributed by atoms with Gasteiger partial charge in [-0.15, -0.1) is 10.2 Å². The van der Waals surface area contributed by atoms with Gasteiger partial charge in [0.25, 0.3) is 5.91 Å². The summed E-state index contributed by atoms with van der Waals surface area (Å²) in [5.41, 5.74) is 1.07. The lowest BCUT2D eigenvalue weighted by Crippen LogP contribution is -2.33. The van der Waals surface area contributed by atoms with Crippen LogP contribution >= 0.6 is 11.8 Å². The maximum atomic E-state index is 13.6. The van der Waals surface area contributed by atoms with Gasteiger partial charge in [0.15, 0.2) is 11.0 Å². The normalized spacial score (nSPS) is 14.9. The van der Waals surface area contributed by atoms with Gasteiger partial charge in [-0.2, -0.15) is 0 Å². The SMILES string of the molecule is COc1ccc(C(=O)NC(=O)CSc2nnc([C@@H](C)N3CCCCC3)n2-c2ccc(F)cc2)cc1. The van der Waals surface area contributed by atoms with Crippen molar-refractivity contribution in [2.45, 2.75) is 37.4 Å². The number of hydrogen-bond acceptors (Lipinski definition) is 7. The Balaban J connectivity index is 1.49. The maximum Gasteiger partial charge on any atom is 0.257 e. The number of halogens is 1. The first kappa shape index (κ1) is 24.9. The third-order valence-corrected chi connectivity index (χ3v) is 6.92. The highest BCUT2D eigenvalue weighted by Gasteiger charge is 2.26. The van der Waals surface area contributed by atoms with Crippen molar-refractivity contribution in [2.24, 2.45) is 0 Å². The van der Waals surface area contributed by atoms with E-state index in [1.54, 1.807) is 43.5 Å². The number of thioether (sulfide) groups is 1. The molecule has 1 aromatic heterocycles. The molecule has 2 amide bonds. The molecular weight excluding hydrogens is 469 g/mol. The second-order valence-corrected chi connectivity index (χ2v) is 9.26. The standard InChI is InChI=1S/C25H28FN5O3S/c1-17(30-14-4-3-5-15-30)23-28-29-25(31(23)20-10-8-19(26)9-11-20)35-16-22(32)27-24(33)18-6-12-21(34-2)13-7-18/h6-13,17H,3-5,14-16H2,1-2H3,(H,27,32,33)/t17-/m1/s1. The highest BCUT2D eigenvalue weighted by atomic mass is 32.2. The van der Waals surface area contributed by atoms with Gasteiger partial charge in [-0.3, -0.25) is 24.4 Å². The average Bonchev–Trinajstić information content (AvgIpc) is 3.32. The molecule has 2 heterocycles. The Morgan fingerprint density at radius 2 is 1.74 bits per heavy atom. The molecule has 1 atom stereocenters. The van der Waals surface area contributed by atoms with E-state index in [4.69, 9.17) is 4.74 Å². The Bertz CT molecular complexity index is 1160. The first-order chi connectivity index (χ1) is 17.0. The van der Waals surface area contributed by atoms with Gasteiger partial charge in [0.05, 0.1) is 18.9 Å². The number of benzene rings is 2. The summed E-state index contributed by atoms with van der Waals surface area (Å²) in [5, 5.41) is 11.7. The van der Waals surface area contributed by atoms with E-state index >= 15 is 0 Å². The van der Waals surface area contributed by atoms with Crippen LogP contribution in [0.5, 0.6) is 5.75 Å². The zero-order valence-corrected chi connectivity index (χ0v) is 20.6. The van der Waals surface area contributed by atoms with E-state index < -0.39 is 11.8 Å². The second kappa shape index (κ2) is 11.5. The molecule has 0 saturated carbocycles. The van der Waals surface area contributed by atoms with E-state index in [1.165, 1.54) is 30.3 Å². The first-order valence-corrected chi connectivity index (χ1v) is 12.5. The smallest absolute Gasteiger partial charge is 0.257 e. The molecular formula is C25H28FN5O3S. The number of nitrogens with zero attached hydrogens (tertiary/aromatic N) is 4. The second-order valence-electron chi connectivity index (χ2n) is 8.32. The van der Waals surface area contributed by atoms with Gasteiger partial charge in [-0.25, -0.2) is 4.39 Å². The topological polar surface area (TPSA) is 89.3 Å². The molecule has 10 heteroatoms. The van der Waals surface area contributed by atoms with Crippen LogP contribution < -0.4 is 10.1 Å². The molecule has 8 nitrogen and oxygen atoms in total. The number of methoxy groups -OCH3 is 1. The number of carbonyl (C=O) groups is 2. The van der Waals surface area contributed by atoms with Crippen molar-refractivity contribution in [1.82, 2.24) is 25.0 Å². The summed E-state index contributed by atoms with van der Waals surface area (Å²) in [5.74, 6) is 0.0546. The number of hydrogen-bond donors (Lipinski definition) is 1. The lowest BCUT2D eigenvalue weighted by atomic mass is 10.1. The van der Waals surface area contributed by atoms with E-state index in [9.17, 15) is 14.0 Å². The molecule has 1 fully saturated rings. The van der Waals surface area contributed by atoms with Gasteiger partial charge in [-0.05, 0) is 81.4 Å². The fraction of sp³-hybridized carbons (Fsp3) is 0.360. The average molecular weight is 498 g/mol. The Hall–Kier alpha value is -3.24. The fourth-order valence-electron chi connectivity index (χ4n) is 4.05. The maximum absolute atomic E-state index is 13.6. The van der Waals surface area contributed by atoms with Gasteiger partial charge in [0.2, 0.25) is 5.91 Å². The third kappa shape index (κ3) is 6.07. The molecule has 4 rings (SSSR count). The predicted molar refractivity (Wildman–Crippen MR) is 131 cm³/mol. The van der Waals surface area contributed by atoms with E-state index in [1.807, 2.05) is 4.57 Å². The van der Waals surface area contributed by atoms with Crippen molar-refractivity contribution >= 4 is 23.6 Å². The molecule has 3 aromatic rings. The molecule has 2 aromatic carbocycles. The first-order valence-electron chi connectivity index (χ1n) is 11.5. The number of amides is 2. The number of rotatable bonds is 8. The summed E-state index contributed by atoms with van der Waals surface area (Å²) < 4.78 is 20.5. The minimum absolute atomic E-state index is 0.00711. The summed E-state index contributed by atoms with van der Waals surface area (Å²) in [6.07, 6.45) is 3.50. The lowest BCUT2D eigenvalue weighted by molar-refractivity contribution is -0.117. The number of nitrogens with one attached hydrogen (secondary N) is 1. The van der Waals surface area contributed by atoms with Crippen LogP contribution in [0.4, 0.5) is 4.39 Å². The van der Waals surface area contributed by atoms with Gasteiger partial charge in [0, 0.05) is 11.3 Å². The van der Waals surface area contributed by atoms with Crippen LogP contribution in [-0.4, -0.2) is 57.4 Å². The van der Waals surface area contributed by atoms with Gasteiger partial charge in [0.1, 0.15) is 11.6 Å². The summed E-state index contributed by atoms with van der Waals surface area (Å²) >= 11 is 1.18. The van der Waals surface area contributed by atoms with Crippen LogP contribution in [0.25, 0.3) is 5.69 Å². The van der Waals surface area contributed by atoms with E-state index in [0.717, 1.165) is 31.8 Å². The van der Waals surface area contributed by atoms with Gasteiger partial charge in [-0.1, -0.05) is 18.2 Å². The molecule has 0 unspecified atom stereocenters. The molecule has 1 saturated heterocycles. The van der Waals surface area contributed by atoms with Gasteiger partial charge < -0.3 is 4.74 Å². The van der Waals surface area contributed by atoms with Crippen molar-refractivity contribution in [3.8, 4) is 11.4 Å². The third-order valence-electron chi connectivity index (χ3n) is 5.99. The largest absolute Gasteiger partial charge is 0.497 e. The number of imide groups is 1. The number of carbonyl (C=O) groups excluding carboxylic acids is 2. The fourth-order valence-corrected chi connectivity index (χ4v) is 4.81. The minimum atomic E-state index is -0.488. The quantitative estimate of drug-likeness (QED) is 0.471. The van der Waals surface area contributed by atoms with Gasteiger partial charge >= 0.3 is 0 Å². The number of ether oxygens (including phenoxy) is 1. The molecule has 184 valence electrons. The van der Waals surface area contributed by atoms with Crippen LogP contribution in [0.2, 0.25) is 0 Å². The summed E-state index contributed by atoms with van der Waals surface area (Å²) in [6.45, 7) is 4.05. The van der Waals surface area contributed by atoms with Crippen LogP contribution in [0.1, 0.15) is 48.4 Å². The highest BCUT2D eigenvalue weighted by Crippen LogP contribution is 2.29. The lowest BCUT2D eigenvalue weighted by Gasteiger charge is -2.31. The van der Waals surface area contributed by atoms with Crippen LogP contribution in [0.3, 0.4) is 0 Å². The Kier molecular flexibility index (Phi) is 8.14. The molecule has 35 heavy (non-hydrogen) atoms. The van der Waals surface area contributed by atoms with E-state index in [0.29, 0.717) is 22.2 Å². The Morgan fingerprint density at radius 3 is 2.40 bits per heavy atom. The van der Waals surface area contributed by atoms with Crippen molar-refractivity contribution in [3.05, 3.63) is 65.7 Å². The summed E-state index contributed by atoms with van der Waals surface area (Å²) in [4.78, 5) is 27.3. The summed E-state index contributed by atoms with van der Waals surface area (Å²) in [7, 11) is 1.54. The number of piperidine rings is 1. The minimum Gasteiger partial charge on any atom is -0.497 e. The predicted octanol–water partition coefficient (Wildman–Crippen LogP) is 4.01. The van der Waals surface area contributed by atoms with Crippen molar-refractivity contribution in [1.29, 1.82) is 0 Å². The number of likely N-dealkylation sites (tertiary alicyclic amines) is 1. The summed E-state index contributed by atoms with van der Waals surface area (Å²) in [6, 6.07) is 12.6. The monoisotopic (exact) mass is 497 g/mol. The van der Waals surface area contributed by atoms with Crippen molar-refractivity contribution < 1.29 is 18.7 Å². The molecule has 0 radical (unpaired) electrons. The molecule has 1 aliphatic rings. The Labute approximate surface area is 207 Å². The van der Waals surface area contributed by atoms with E-state index in [2.05, 4.69) is 27.3 Å². The van der Waals surface area contributed by atoms with Crippen molar-refractivity contribution in [2.75, 3.05) is 26.0 Å². The van der Waals surface area contributed by atoms with Crippen LogP contribution in [-0.2, 0) is 4.79 Å². The number of aromatic nitrogens is 3. The zero-order valence-electron chi connectivity index (χ0n) is 19.7. The van der Waals surface area contributed by atoms with Crippen molar-refractivity contribution in [3.63, 3.8) is 0 Å². The molecule has 0 spiro atoms. The molecule has 0 bridgehead atoms. The van der Waals surface area contributed by atoms with E-state index in [-0.39, 0.29) is 17.6 Å². The highest BCUT2D eigenvalue weighted by molar-refractivity contribution is 7.99. The Morgan fingerprint density at radius 1 is 1.06 bits per heavy atom. The molecule has 0 aliphatic carbocycles. The zero-order chi connectivity index (χ0) is 24.8.